The Morgan fingerprint density at radius 1 is 1.33 bits per heavy atom. The Kier molecular flexibility index (Phi) is 5.83. The molecule has 0 unspecified atom stereocenters. The SMILES string of the molecule is Cc1ccc(C(=O)NCC2CCCCC2)cc1C#CCO. The number of hydrogen-bond acceptors (Lipinski definition) is 2. The highest BCUT2D eigenvalue weighted by atomic mass is 16.2. The average Bonchev–Trinajstić information content (AvgIpc) is 2.53. The molecule has 3 nitrogen and oxygen atoms in total. The van der Waals surface area contributed by atoms with Crippen molar-refractivity contribution < 1.29 is 9.90 Å². The number of nitrogens with one attached hydrogen (secondary N) is 1. The summed E-state index contributed by atoms with van der Waals surface area (Å²) >= 11 is 0. The molecule has 1 saturated carbocycles. The third-order valence-electron chi connectivity index (χ3n) is 4.08. The van der Waals surface area contributed by atoms with Gasteiger partial charge < -0.3 is 10.4 Å². The van der Waals surface area contributed by atoms with Crippen LogP contribution in [0.2, 0.25) is 0 Å². The van der Waals surface area contributed by atoms with E-state index in [0.717, 1.165) is 17.7 Å². The fraction of sp³-hybridized carbons (Fsp3) is 0.500. The number of aliphatic hydroxyl groups is 1. The normalized spacial score (nSPS) is 15.1. The standard InChI is InChI=1S/C18H23NO2/c1-14-9-10-17(12-16(14)8-5-11-20)18(21)19-13-15-6-3-2-4-7-15/h9-10,12,15,20H,2-4,6-7,11,13H2,1H3,(H,19,21). The molecule has 1 aromatic rings. The van der Waals surface area contributed by atoms with Crippen LogP contribution in [-0.4, -0.2) is 24.2 Å². The molecule has 0 spiro atoms. The van der Waals surface area contributed by atoms with E-state index in [2.05, 4.69) is 17.2 Å². The molecule has 112 valence electrons. The van der Waals surface area contributed by atoms with Gasteiger partial charge in [-0.05, 0) is 43.4 Å². The van der Waals surface area contributed by atoms with Crippen LogP contribution in [-0.2, 0) is 0 Å². The van der Waals surface area contributed by atoms with E-state index in [0.29, 0.717) is 11.5 Å². The van der Waals surface area contributed by atoms with Gasteiger partial charge in [-0.25, -0.2) is 0 Å². The zero-order chi connectivity index (χ0) is 15.1. The quantitative estimate of drug-likeness (QED) is 0.839. The van der Waals surface area contributed by atoms with Crippen molar-refractivity contribution in [2.75, 3.05) is 13.2 Å². The van der Waals surface area contributed by atoms with E-state index < -0.39 is 0 Å². The Balaban J connectivity index is 1.98. The van der Waals surface area contributed by atoms with Crippen molar-refractivity contribution in [3.8, 4) is 11.8 Å². The van der Waals surface area contributed by atoms with Crippen LogP contribution in [0, 0.1) is 24.7 Å². The molecule has 0 heterocycles. The molecule has 21 heavy (non-hydrogen) atoms. The number of carbonyl (C=O) groups excluding carboxylic acids is 1. The summed E-state index contributed by atoms with van der Waals surface area (Å²) in [7, 11) is 0. The number of aliphatic hydroxyl groups excluding tert-OH is 1. The van der Waals surface area contributed by atoms with Gasteiger partial charge in [-0.1, -0.05) is 37.2 Å². The van der Waals surface area contributed by atoms with Gasteiger partial charge in [0.1, 0.15) is 6.61 Å². The van der Waals surface area contributed by atoms with Crippen LogP contribution in [0.15, 0.2) is 18.2 Å². The summed E-state index contributed by atoms with van der Waals surface area (Å²) in [6.07, 6.45) is 6.34. The van der Waals surface area contributed by atoms with Gasteiger partial charge in [-0.2, -0.15) is 0 Å². The van der Waals surface area contributed by atoms with Crippen molar-refractivity contribution in [2.45, 2.75) is 39.0 Å². The lowest BCUT2D eigenvalue weighted by Crippen LogP contribution is -2.30. The highest BCUT2D eigenvalue weighted by Gasteiger charge is 2.15. The molecule has 0 aromatic heterocycles. The predicted molar refractivity (Wildman–Crippen MR) is 84.1 cm³/mol. The van der Waals surface area contributed by atoms with Crippen LogP contribution in [0.3, 0.4) is 0 Å². The summed E-state index contributed by atoms with van der Waals surface area (Å²) in [6, 6.07) is 5.53. The first-order valence-electron chi connectivity index (χ1n) is 7.69. The zero-order valence-electron chi connectivity index (χ0n) is 12.6. The predicted octanol–water partition coefficient (Wildman–Crippen LogP) is 2.65. The van der Waals surface area contributed by atoms with Gasteiger partial charge in [-0.15, -0.1) is 0 Å². The average molecular weight is 285 g/mol. The van der Waals surface area contributed by atoms with Gasteiger partial charge in [0, 0.05) is 17.7 Å². The zero-order valence-corrected chi connectivity index (χ0v) is 12.6. The van der Waals surface area contributed by atoms with Gasteiger partial charge in [0.2, 0.25) is 0 Å². The first-order chi connectivity index (χ1) is 10.2. The monoisotopic (exact) mass is 285 g/mol. The molecule has 1 aromatic carbocycles. The molecule has 1 amide bonds. The Morgan fingerprint density at radius 3 is 2.81 bits per heavy atom. The summed E-state index contributed by atoms with van der Waals surface area (Å²) in [5.41, 5.74) is 2.45. The number of aryl methyl sites for hydroxylation is 1. The van der Waals surface area contributed by atoms with E-state index in [9.17, 15) is 4.79 Å². The second kappa shape index (κ2) is 7.85. The van der Waals surface area contributed by atoms with E-state index in [1.807, 2.05) is 19.1 Å². The van der Waals surface area contributed by atoms with Crippen molar-refractivity contribution in [3.05, 3.63) is 34.9 Å². The van der Waals surface area contributed by atoms with Gasteiger partial charge in [-0.3, -0.25) is 4.79 Å². The molecule has 1 aliphatic carbocycles. The van der Waals surface area contributed by atoms with E-state index in [-0.39, 0.29) is 12.5 Å². The number of carbonyl (C=O) groups is 1. The van der Waals surface area contributed by atoms with Gasteiger partial charge in [0.15, 0.2) is 0 Å². The fourth-order valence-electron chi connectivity index (χ4n) is 2.76. The molecule has 0 atom stereocenters. The maximum atomic E-state index is 12.2. The Bertz CT molecular complexity index is 548. The molecule has 0 saturated heterocycles. The molecule has 2 N–H and O–H groups in total. The maximum absolute atomic E-state index is 12.2. The van der Waals surface area contributed by atoms with Crippen LogP contribution in [0.25, 0.3) is 0 Å². The minimum absolute atomic E-state index is 0.0346. The molecular weight excluding hydrogens is 262 g/mol. The third-order valence-corrected chi connectivity index (χ3v) is 4.08. The van der Waals surface area contributed by atoms with Crippen LogP contribution < -0.4 is 5.32 Å². The lowest BCUT2D eigenvalue weighted by molar-refractivity contribution is 0.0943. The van der Waals surface area contributed by atoms with E-state index in [1.54, 1.807) is 6.07 Å². The summed E-state index contributed by atoms with van der Waals surface area (Å²) < 4.78 is 0. The highest BCUT2D eigenvalue weighted by molar-refractivity contribution is 5.94. The van der Waals surface area contributed by atoms with Gasteiger partial charge in [0.25, 0.3) is 5.91 Å². The first-order valence-corrected chi connectivity index (χ1v) is 7.69. The smallest absolute Gasteiger partial charge is 0.251 e. The third kappa shape index (κ3) is 4.61. The molecule has 0 aliphatic heterocycles. The van der Waals surface area contributed by atoms with E-state index in [4.69, 9.17) is 5.11 Å². The molecule has 2 rings (SSSR count). The number of benzene rings is 1. The maximum Gasteiger partial charge on any atom is 0.251 e. The molecular formula is C18H23NO2. The Labute approximate surface area is 126 Å². The Morgan fingerprint density at radius 2 is 2.10 bits per heavy atom. The Hall–Kier alpha value is -1.79. The molecule has 3 heteroatoms. The van der Waals surface area contributed by atoms with Gasteiger partial charge in [0.05, 0.1) is 0 Å². The highest BCUT2D eigenvalue weighted by Crippen LogP contribution is 2.22. The number of rotatable bonds is 3. The summed E-state index contributed by atoms with van der Waals surface area (Å²) in [5, 5.41) is 11.8. The molecule has 0 radical (unpaired) electrons. The van der Waals surface area contributed by atoms with E-state index >= 15 is 0 Å². The summed E-state index contributed by atoms with van der Waals surface area (Å²) in [4.78, 5) is 12.2. The second-order valence-electron chi connectivity index (χ2n) is 5.70. The van der Waals surface area contributed by atoms with Crippen molar-refractivity contribution in [1.82, 2.24) is 5.32 Å². The number of amides is 1. The lowest BCUT2D eigenvalue weighted by Gasteiger charge is -2.21. The molecule has 1 aliphatic rings. The number of hydrogen-bond donors (Lipinski definition) is 2. The largest absolute Gasteiger partial charge is 0.384 e. The van der Waals surface area contributed by atoms with Gasteiger partial charge >= 0.3 is 0 Å². The van der Waals surface area contributed by atoms with Crippen molar-refractivity contribution >= 4 is 5.91 Å². The topological polar surface area (TPSA) is 49.3 Å². The van der Waals surface area contributed by atoms with Crippen molar-refractivity contribution in [3.63, 3.8) is 0 Å². The van der Waals surface area contributed by atoms with E-state index in [1.165, 1.54) is 32.1 Å². The minimum atomic E-state index is -0.169. The van der Waals surface area contributed by atoms with Crippen LogP contribution in [0.1, 0.15) is 53.6 Å². The lowest BCUT2D eigenvalue weighted by atomic mass is 9.89. The fourth-order valence-corrected chi connectivity index (χ4v) is 2.76. The summed E-state index contributed by atoms with van der Waals surface area (Å²) in [6.45, 7) is 2.55. The van der Waals surface area contributed by atoms with Crippen LogP contribution >= 0.6 is 0 Å². The first kappa shape index (κ1) is 15.6. The molecule has 1 fully saturated rings. The minimum Gasteiger partial charge on any atom is -0.384 e. The van der Waals surface area contributed by atoms with Crippen LogP contribution in [0.5, 0.6) is 0 Å². The molecule has 0 bridgehead atoms. The van der Waals surface area contributed by atoms with Crippen LogP contribution in [0.4, 0.5) is 0 Å². The van der Waals surface area contributed by atoms with Crippen molar-refractivity contribution in [1.29, 1.82) is 0 Å². The van der Waals surface area contributed by atoms with Crippen molar-refractivity contribution in [2.24, 2.45) is 5.92 Å². The second-order valence-corrected chi connectivity index (χ2v) is 5.70. The summed E-state index contributed by atoms with van der Waals surface area (Å²) in [5.74, 6) is 6.10.